The van der Waals surface area contributed by atoms with E-state index in [9.17, 15) is 4.79 Å². The van der Waals surface area contributed by atoms with Crippen molar-refractivity contribution in [2.24, 2.45) is 5.92 Å². The molecule has 2 atom stereocenters. The van der Waals surface area contributed by atoms with E-state index in [1.165, 1.54) is 32.1 Å². The molecular formula is C16H32N2O2. The first-order valence-corrected chi connectivity index (χ1v) is 8.06. The van der Waals surface area contributed by atoms with Gasteiger partial charge in [0.15, 0.2) is 0 Å². The fourth-order valence-corrected chi connectivity index (χ4v) is 3.06. The number of ether oxygens (including phenoxy) is 1. The first-order valence-electron chi connectivity index (χ1n) is 8.06. The minimum absolute atomic E-state index is 0.0906. The van der Waals surface area contributed by atoms with E-state index in [4.69, 9.17) is 4.74 Å². The van der Waals surface area contributed by atoms with Gasteiger partial charge in [-0.3, -0.25) is 0 Å². The van der Waals surface area contributed by atoms with E-state index >= 15 is 0 Å². The van der Waals surface area contributed by atoms with Crippen LogP contribution in [0.2, 0.25) is 0 Å². The Labute approximate surface area is 124 Å². The third-order valence-electron chi connectivity index (χ3n) is 3.88. The van der Waals surface area contributed by atoms with Crippen LogP contribution in [-0.2, 0) is 4.74 Å². The number of carbonyl (C=O) groups excluding carboxylic acids is 1. The molecule has 1 fully saturated rings. The highest BCUT2D eigenvalue weighted by atomic mass is 16.6. The lowest BCUT2D eigenvalue weighted by Gasteiger charge is -2.35. The van der Waals surface area contributed by atoms with Crippen LogP contribution in [0.15, 0.2) is 0 Å². The summed E-state index contributed by atoms with van der Waals surface area (Å²) in [5.74, 6) is 0.661. The van der Waals surface area contributed by atoms with Gasteiger partial charge in [-0.25, -0.2) is 4.79 Å². The molecule has 2 unspecified atom stereocenters. The SMILES string of the molecule is CCNC(C1CCCCC1)C(C)NC(=O)OC(C)(C)C. The van der Waals surface area contributed by atoms with Crippen LogP contribution in [-0.4, -0.2) is 30.3 Å². The highest BCUT2D eigenvalue weighted by Gasteiger charge is 2.29. The summed E-state index contributed by atoms with van der Waals surface area (Å²) in [5.41, 5.74) is -0.442. The Kier molecular flexibility index (Phi) is 6.80. The van der Waals surface area contributed by atoms with Gasteiger partial charge in [0.25, 0.3) is 0 Å². The number of alkyl carbamates (subject to hydrolysis) is 1. The number of hydrogen-bond donors (Lipinski definition) is 2. The van der Waals surface area contributed by atoms with Crippen LogP contribution in [0.25, 0.3) is 0 Å². The molecule has 1 aliphatic rings. The Morgan fingerprint density at radius 2 is 1.85 bits per heavy atom. The van der Waals surface area contributed by atoms with Crippen LogP contribution < -0.4 is 10.6 Å². The minimum atomic E-state index is -0.442. The van der Waals surface area contributed by atoms with E-state index in [2.05, 4.69) is 24.5 Å². The van der Waals surface area contributed by atoms with Crippen molar-refractivity contribution in [1.29, 1.82) is 0 Å². The zero-order valence-corrected chi connectivity index (χ0v) is 13.8. The highest BCUT2D eigenvalue weighted by molar-refractivity contribution is 5.68. The molecule has 118 valence electrons. The topological polar surface area (TPSA) is 50.4 Å². The van der Waals surface area contributed by atoms with Gasteiger partial charge in [0, 0.05) is 12.1 Å². The summed E-state index contributed by atoms with van der Waals surface area (Å²) in [4.78, 5) is 11.9. The molecule has 0 aromatic carbocycles. The molecule has 0 saturated heterocycles. The van der Waals surface area contributed by atoms with Crippen molar-refractivity contribution in [2.45, 2.75) is 84.4 Å². The molecule has 2 N–H and O–H groups in total. The average molecular weight is 284 g/mol. The van der Waals surface area contributed by atoms with E-state index in [0.29, 0.717) is 12.0 Å². The number of likely N-dealkylation sites (N-methyl/N-ethyl adjacent to an activating group) is 1. The van der Waals surface area contributed by atoms with Crippen molar-refractivity contribution >= 4 is 6.09 Å². The third kappa shape index (κ3) is 6.12. The maximum absolute atomic E-state index is 11.9. The van der Waals surface area contributed by atoms with E-state index in [1.807, 2.05) is 20.8 Å². The van der Waals surface area contributed by atoms with Gasteiger partial charge < -0.3 is 15.4 Å². The summed E-state index contributed by atoms with van der Waals surface area (Å²) < 4.78 is 5.35. The summed E-state index contributed by atoms with van der Waals surface area (Å²) in [7, 11) is 0. The fraction of sp³-hybridized carbons (Fsp3) is 0.938. The second-order valence-corrected chi connectivity index (χ2v) is 6.92. The monoisotopic (exact) mass is 284 g/mol. The summed E-state index contributed by atoms with van der Waals surface area (Å²) in [5, 5.41) is 6.54. The van der Waals surface area contributed by atoms with Gasteiger partial charge in [-0.1, -0.05) is 26.2 Å². The normalized spacial score (nSPS) is 20.2. The smallest absolute Gasteiger partial charge is 0.407 e. The van der Waals surface area contributed by atoms with Gasteiger partial charge in [0.2, 0.25) is 0 Å². The second kappa shape index (κ2) is 7.87. The molecule has 0 radical (unpaired) electrons. The van der Waals surface area contributed by atoms with Gasteiger partial charge >= 0.3 is 6.09 Å². The number of rotatable bonds is 5. The number of carbonyl (C=O) groups is 1. The minimum Gasteiger partial charge on any atom is -0.444 e. The van der Waals surface area contributed by atoms with Crippen LogP contribution in [0.3, 0.4) is 0 Å². The van der Waals surface area contributed by atoms with Crippen molar-refractivity contribution in [3.05, 3.63) is 0 Å². The number of nitrogens with one attached hydrogen (secondary N) is 2. The van der Waals surface area contributed by atoms with Gasteiger partial charge in [-0.05, 0) is 53.0 Å². The molecule has 1 amide bonds. The lowest BCUT2D eigenvalue weighted by Crippen LogP contribution is -2.53. The Hall–Kier alpha value is -0.770. The Balaban J connectivity index is 2.54. The molecule has 0 aromatic heterocycles. The molecule has 4 nitrogen and oxygen atoms in total. The summed E-state index contributed by atoms with van der Waals surface area (Å²) >= 11 is 0. The van der Waals surface area contributed by atoms with Crippen LogP contribution in [0.5, 0.6) is 0 Å². The Morgan fingerprint density at radius 1 is 1.25 bits per heavy atom. The molecule has 0 aliphatic heterocycles. The fourth-order valence-electron chi connectivity index (χ4n) is 3.06. The molecule has 0 bridgehead atoms. The number of hydrogen-bond acceptors (Lipinski definition) is 3. The molecule has 0 heterocycles. The molecule has 1 rings (SSSR count). The molecule has 4 heteroatoms. The molecule has 0 aromatic rings. The standard InChI is InChI=1S/C16H32N2O2/c1-6-17-14(13-10-8-7-9-11-13)12(2)18-15(19)20-16(3,4)5/h12-14,17H,6-11H2,1-5H3,(H,18,19). The lowest BCUT2D eigenvalue weighted by atomic mass is 9.81. The van der Waals surface area contributed by atoms with Crippen molar-refractivity contribution in [3.8, 4) is 0 Å². The van der Waals surface area contributed by atoms with Crippen LogP contribution in [0.1, 0.15) is 66.7 Å². The van der Waals surface area contributed by atoms with Crippen molar-refractivity contribution in [3.63, 3.8) is 0 Å². The first kappa shape index (κ1) is 17.3. The maximum Gasteiger partial charge on any atom is 0.407 e. The summed E-state index contributed by atoms with van der Waals surface area (Å²) in [6.45, 7) is 10.8. The lowest BCUT2D eigenvalue weighted by molar-refractivity contribution is 0.0485. The van der Waals surface area contributed by atoms with Crippen LogP contribution >= 0.6 is 0 Å². The predicted molar refractivity (Wildman–Crippen MR) is 82.9 cm³/mol. The molecule has 1 aliphatic carbocycles. The molecular weight excluding hydrogens is 252 g/mol. The number of amides is 1. The molecule has 1 saturated carbocycles. The van der Waals surface area contributed by atoms with Gasteiger partial charge in [-0.2, -0.15) is 0 Å². The van der Waals surface area contributed by atoms with Gasteiger partial charge in [0.1, 0.15) is 5.60 Å². The first-order chi connectivity index (χ1) is 9.33. The Morgan fingerprint density at radius 3 is 2.35 bits per heavy atom. The van der Waals surface area contributed by atoms with E-state index in [1.54, 1.807) is 0 Å². The van der Waals surface area contributed by atoms with Gasteiger partial charge in [0.05, 0.1) is 0 Å². The van der Waals surface area contributed by atoms with E-state index in [-0.39, 0.29) is 12.1 Å². The molecule has 20 heavy (non-hydrogen) atoms. The largest absolute Gasteiger partial charge is 0.444 e. The predicted octanol–water partition coefficient (Wildman–Crippen LogP) is 3.46. The van der Waals surface area contributed by atoms with Crippen molar-refractivity contribution < 1.29 is 9.53 Å². The third-order valence-corrected chi connectivity index (χ3v) is 3.88. The maximum atomic E-state index is 11.9. The van der Waals surface area contributed by atoms with Crippen LogP contribution in [0.4, 0.5) is 4.79 Å². The average Bonchev–Trinajstić information content (AvgIpc) is 2.34. The molecule has 0 spiro atoms. The summed E-state index contributed by atoms with van der Waals surface area (Å²) in [6, 6.07) is 0.431. The van der Waals surface area contributed by atoms with Gasteiger partial charge in [-0.15, -0.1) is 0 Å². The van der Waals surface area contributed by atoms with Crippen LogP contribution in [0, 0.1) is 5.92 Å². The quantitative estimate of drug-likeness (QED) is 0.813. The summed E-state index contributed by atoms with van der Waals surface area (Å²) in [6.07, 6.45) is 6.18. The van der Waals surface area contributed by atoms with Crippen molar-refractivity contribution in [2.75, 3.05) is 6.54 Å². The van der Waals surface area contributed by atoms with E-state index < -0.39 is 5.60 Å². The van der Waals surface area contributed by atoms with E-state index in [0.717, 1.165) is 6.54 Å². The highest BCUT2D eigenvalue weighted by Crippen LogP contribution is 2.27. The van der Waals surface area contributed by atoms with Crippen molar-refractivity contribution in [1.82, 2.24) is 10.6 Å². The zero-order valence-electron chi connectivity index (χ0n) is 13.8. The Bertz CT molecular complexity index is 293. The zero-order chi connectivity index (χ0) is 15.2. The second-order valence-electron chi connectivity index (χ2n) is 6.92.